The van der Waals surface area contributed by atoms with Gasteiger partial charge >= 0.3 is 0 Å². The molecule has 0 radical (unpaired) electrons. The summed E-state index contributed by atoms with van der Waals surface area (Å²) in [4.78, 5) is 11.4. The zero-order chi connectivity index (χ0) is 15.7. The molecule has 0 fully saturated rings. The summed E-state index contributed by atoms with van der Waals surface area (Å²) in [6.45, 7) is 9.91. The van der Waals surface area contributed by atoms with E-state index >= 15 is 0 Å². The zero-order valence-electron chi connectivity index (χ0n) is 13.8. The second-order valence-corrected chi connectivity index (χ2v) is 5.11. The Morgan fingerprint density at radius 2 is 2.05 bits per heavy atom. The average molecular weight is 296 g/mol. The van der Waals surface area contributed by atoms with Crippen molar-refractivity contribution in [1.82, 2.24) is 14.9 Å². The molecular formula is C15H28N4O2. The lowest BCUT2D eigenvalue weighted by molar-refractivity contribution is 0.0689. The minimum Gasteiger partial charge on any atom is -0.383 e. The maximum atomic E-state index is 5.25. The van der Waals surface area contributed by atoms with Crippen molar-refractivity contribution < 1.29 is 9.47 Å². The lowest BCUT2D eigenvalue weighted by Gasteiger charge is -2.27. The van der Waals surface area contributed by atoms with Crippen molar-refractivity contribution in [2.45, 2.75) is 33.4 Å². The van der Waals surface area contributed by atoms with Gasteiger partial charge in [-0.05, 0) is 20.8 Å². The maximum Gasteiger partial charge on any atom is 0.144 e. The number of anilines is 1. The molecule has 0 aliphatic carbocycles. The van der Waals surface area contributed by atoms with Crippen molar-refractivity contribution in [1.29, 1.82) is 0 Å². The molecule has 0 saturated heterocycles. The van der Waals surface area contributed by atoms with Gasteiger partial charge in [-0.1, -0.05) is 0 Å². The highest BCUT2D eigenvalue weighted by atomic mass is 16.5. The van der Waals surface area contributed by atoms with Crippen LogP contribution in [0.5, 0.6) is 0 Å². The second-order valence-electron chi connectivity index (χ2n) is 5.11. The molecular weight excluding hydrogens is 268 g/mol. The number of aromatic nitrogens is 2. The van der Waals surface area contributed by atoms with Crippen LogP contribution in [-0.4, -0.2) is 61.4 Å². The number of ether oxygens (including phenoxy) is 2. The first kappa shape index (κ1) is 17.8. The summed E-state index contributed by atoms with van der Waals surface area (Å²) in [6.07, 6.45) is 0. The van der Waals surface area contributed by atoms with Crippen LogP contribution in [0.15, 0.2) is 6.07 Å². The van der Waals surface area contributed by atoms with Crippen LogP contribution >= 0.6 is 0 Å². The van der Waals surface area contributed by atoms with Gasteiger partial charge in [0.15, 0.2) is 0 Å². The van der Waals surface area contributed by atoms with E-state index in [1.54, 1.807) is 14.2 Å². The third kappa shape index (κ3) is 6.37. The van der Waals surface area contributed by atoms with E-state index in [9.17, 15) is 0 Å². The first-order valence-corrected chi connectivity index (χ1v) is 7.41. The van der Waals surface area contributed by atoms with E-state index in [4.69, 9.17) is 9.47 Å². The molecule has 0 aromatic carbocycles. The predicted molar refractivity (Wildman–Crippen MR) is 84.6 cm³/mol. The minimum atomic E-state index is 0.289. The Hall–Kier alpha value is -1.24. The van der Waals surface area contributed by atoms with Crippen LogP contribution in [0.1, 0.15) is 25.4 Å². The summed E-state index contributed by atoms with van der Waals surface area (Å²) in [5.74, 6) is 1.70. The Morgan fingerprint density at radius 1 is 1.29 bits per heavy atom. The van der Waals surface area contributed by atoms with E-state index in [1.807, 2.05) is 13.0 Å². The molecule has 21 heavy (non-hydrogen) atoms. The maximum absolute atomic E-state index is 5.25. The molecule has 1 heterocycles. The van der Waals surface area contributed by atoms with Crippen LogP contribution in [0, 0.1) is 6.92 Å². The third-order valence-electron chi connectivity index (χ3n) is 3.22. The number of methoxy groups -OCH3 is 2. The summed E-state index contributed by atoms with van der Waals surface area (Å²) < 4.78 is 10.4. The Bertz CT molecular complexity index is 415. The molecule has 0 bridgehead atoms. The van der Waals surface area contributed by atoms with Gasteiger partial charge in [0.1, 0.15) is 11.6 Å². The van der Waals surface area contributed by atoms with E-state index in [0.29, 0.717) is 19.8 Å². The van der Waals surface area contributed by atoms with Crippen molar-refractivity contribution in [2.24, 2.45) is 0 Å². The number of nitrogens with zero attached hydrogens (tertiary/aromatic N) is 3. The smallest absolute Gasteiger partial charge is 0.144 e. The molecule has 6 nitrogen and oxygen atoms in total. The highest BCUT2D eigenvalue weighted by Gasteiger charge is 2.16. The number of hydrogen-bond acceptors (Lipinski definition) is 6. The van der Waals surface area contributed by atoms with Crippen LogP contribution in [0.2, 0.25) is 0 Å². The van der Waals surface area contributed by atoms with Crippen LogP contribution in [0.25, 0.3) is 0 Å². The molecule has 0 saturated carbocycles. The summed E-state index contributed by atoms with van der Waals surface area (Å²) in [5.41, 5.74) is 0.974. The summed E-state index contributed by atoms with van der Waals surface area (Å²) in [7, 11) is 3.43. The van der Waals surface area contributed by atoms with Crippen molar-refractivity contribution in [3.63, 3.8) is 0 Å². The topological polar surface area (TPSA) is 59.5 Å². The molecule has 1 unspecified atom stereocenters. The van der Waals surface area contributed by atoms with Gasteiger partial charge < -0.3 is 14.8 Å². The molecule has 120 valence electrons. The Kier molecular flexibility index (Phi) is 8.19. The summed E-state index contributed by atoms with van der Waals surface area (Å²) in [5, 5.41) is 3.24. The molecule has 0 spiro atoms. The van der Waals surface area contributed by atoms with Gasteiger partial charge in [-0.25, -0.2) is 9.97 Å². The Balaban J connectivity index is 2.80. The van der Waals surface area contributed by atoms with E-state index in [2.05, 4.69) is 34.0 Å². The quantitative estimate of drug-likeness (QED) is 0.709. The second kappa shape index (κ2) is 9.65. The number of aryl methyl sites for hydroxylation is 1. The van der Waals surface area contributed by atoms with Crippen LogP contribution in [0.4, 0.5) is 5.82 Å². The first-order valence-electron chi connectivity index (χ1n) is 7.41. The first-order chi connectivity index (χ1) is 10.1. The summed E-state index contributed by atoms with van der Waals surface area (Å²) >= 11 is 0. The molecule has 1 aromatic heterocycles. The molecule has 0 aliphatic heterocycles. The average Bonchev–Trinajstić information content (AvgIpc) is 2.43. The fourth-order valence-corrected chi connectivity index (χ4v) is 2.16. The molecule has 0 aliphatic rings. The van der Waals surface area contributed by atoms with E-state index < -0.39 is 0 Å². The molecule has 0 amide bonds. The highest BCUT2D eigenvalue weighted by Crippen LogP contribution is 2.10. The van der Waals surface area contributed by atoms with Crippen molar-refractivity contribution in [3.05, 3.63) is 17.6 Å². The van der Waals surface area contributed by atoms with Crippen molar-refractivity contribution in [3.8, 4) is 0 Å². The molecule has 1 rings (SSSR count). The van der Waals surface area contributed by atoms with E-state index in [1.165, 1.54) is 0 Å². The van der Waals surface area contributed by atoms with Gasteiger partial charge in [-0.3, -0.25) is 4.90 Å². The monoisotopic (exact) mass is 296 g/mol. The normalized spacial score (nSPS) is 12.7. The molecule has 6 heteroatoms. The minimum absolute atomic E-state index is 0.289. The zero-order valence-corrected chi connectivity index (χ0v) is 13.8. The lowest BCUT2D eigenvalue weighted by atomic mass is 10.3. The van der Waals surface area contributed by atoms with Crippen LogP contribution < -0.4 is 5.32 Å². The van der Waals surface area contributed by atoms with Gasteiger partial charge in [-0.2, -0.15) is 0 Å². The number of hydrogen-bond donors (Lipinski definition) is 1. The highest BCUT2D eigenvalue weighted by molar-refractivity contribution is 5.35. The van der Waals surface area contributed by atoms with Gasteiger partial charge in [0.25, 0.3) is 0 Å². The SMILES string of the molecule is CCNc1cc(C)nc(CN(CCOC)C(C)COC)n1. The Labute approximate surface area is 127 Å². The largest absolute Gasteiger partial charge is 0.383 e. The lowest BCUT2D eigenvalue weighted by Crippen LogP contribution is -2.38. The van der Waals surface area contributed by atoms with Gasteiger partial charge in [0.2, 0.25) is 0 Å². The van der Waals surface area contributed by atoms with Crippen molar-refractivity contribution >= 4 is 5.82 Å². The van der Waals surface area contributed by atoms with Crippen molar-refractivity contribution in [2.75, 3.05) is 45.8 Å². The molecule has 1 atom stereocenters. The number of nitrogens with one attached hydrogen (secondary N) is 1. The van der Waals surface area contributed by atoms with Gasteiger partial charge in [-0.15, -0.1) is 0 Å². The van der Waals surface area contributed by atoms with Crippen LogP contribution in [0.3, 0.4) is 0 Å². The molecule has 1 aromatic rings. The fourth-order valence-electron chi connectivity index (χ4n) is 2.16. The number of rotatable bonds is 10. The predicted octanol–water partition coefficient (Wildman–Crippen LogP) is 1.70. The fraction of sp³-hybridized carbons (Fsp3) is 0.733. The van der Waals surface area contributed by atoms with Gasteiger partial charge in [0, 0.05) is 45.1 Å². The van der Waals surface area contributed by atoms with E-state index in [-0.39, 0.29) is 6.04 Å². The Morgan fingerprint density at radius 3 is 2.67 bits per heavy atom. The third-order valence-corrected chi connectivity index (χ3v) is 3.22. The van der Waals surface area contributed by atoms with E-state index in [0.717, 1.165) is 30.4 Å². The standard InChI is InChI=1S/C15H28N4O2/c1-6-16-14-9-12(2)17-15(18-14)10-19(7-8-20-4)13(3)11-21-5/h9,13H,6-8,10-11H2,1-5H3,(H,16,17,18). The van der Waals surface area contributed by atoms with Crippen LogP contribution in [-0.2, 0) is 16.0 Å². The summed E-state index contributed by atoms with van der Waals surface area (Å²) in [6, 6.07) is 2.25. The molecule has 1 N–H and O–H groups in total. The van der Waals surface area contributed by atoms with Gasteiger partial charge in [0.05, 0.1) is 19.8 Å².